The van der Waals surface area contributed by atoms with E-state index in [4.69, 9.17) is 0 Å². The van der Waals surface area contributed by atoms with Crippen LogP contribution >= 0.6 is 0 Å². The molecule has 2 heteroatoms. The highest BCUT2D eigenvalue weighted by molar-refractivity contribution is 5.78. The van der Waals surface area contributed by atoms with Gasteiger partial charge in [-0.05, 0) is 31.9 Å². The molecular formula is C15H23NO. The van der Waals surface area contributed by atoms with Crippen molar-refractivity contribution in [3.63, 3.8) is 0 Å². The summed E-state index contributed by atoms with van der Waals surface area (Å²) in [5.41, 5.74) is 2.48. The zero-order valence-corrected chi connectivity index (χ0v) is 11.5. The molecule has 0 aliphatic heterocycles. The van der Waals surface area contributed by atoms with E-state index in [1.165, 1.54) is 11.1 Å². The fraction of sp³-hybridized carbons (Fsp3) is 0.533. The SMILES string of the molecule is Cc1ccccc1CN(C(=O)C(C)C)C(C)C. The third kappa shape index (κ3) is 3.58. The van der Waals surface area contributed by atoms with E-state index in [1.807, 2.05) is 30.9 Å². The molecule has 0 unspecified atom stereocenters. The Labute approximate surface area is 105 Å². The summed E-state index contributed by atoms with van der Waals surface area (Å²) < 4.78 is 0. The van der Waals surface area contributed by atoms with E-state index in [0.717, 1.165) is 0 Å². The molecule has 0 spiro atoms. The molecule has 0 aliphatic rings. The second kappa shape index (κ2) is 5.85. The zero-order chi connectivity index (χ0) is 13.0. The molecular weight excluding hydrogens is 210 g/mol. The van der Waals surface area contributed by atoms with E-state index >= 15 is 0 Å². The maximum absolute atomic E-state index is 12.1. The molecule has 17 heavy (non-hydrogen) atoms. The van der Waals surface area contributed by atoms with Crippen molar-refractivity contribution in [3.8, 4) is 0 Å². The van der Waals surface area contributed by atoms with Gasteiger partial charge in [0.05, 0.1) is 0 Å². The lowest BCUT2D eigenvalue weighted by Gasteiger charge is -2.29. The number of carbonyl (C=O) groups is 1. The van der Waals surface area contributed by atoms with Crippen LogP contribution in [0.1, 0.15) is 38.8 Å². The van der Waals surface area contributed by atoms with E-state index in [1.54, 1.807) is 0 Å². The fourth-order valence-corrected chi connectivity index (χ4v) is 1.82. The van der Waals surface area contributed by atoms with Gasteiger partial charge in [0.2, 0.25) is 5.91 Å². The molecule has 0 atom stereocenters. The lowest BCUT2D eigenvalue weighted by Crippen LogP contribution is -2.39. The van der Waals surface area contributed by atoms with Gasteiger partial charge in [0.25, 0.3) is 0 Å². The van der Waals surface area contributed by atoms with E-state index in [9.17, 15) is 4.79 Å². The summed E-state index contributed by atoms with van der Waals surface area (Å²) >= 11 is 0. The number of amides is 1. The highest BCUT2D eigenvalue weighted by Gasteiger charge is 2.20. The Bertz CT molecular complexity index is 382. The molecule has 0 heterocycles. The van der Waals surface area contributed by atoms with Crippen LogP contribution in [0.5, 0.6) is 0 Å². The third-order valence-corrected chi connectivity index (χ3v) is 3.00. The maximum atomic E-state index is 12.1. The largest absolute Gasteiger partial charge is 0.336 e. The summed E-state index contributed by atoms with van der Waals surface area (Å²) in [7, 11) is 0. The van der Waals surface area contributed by atoms with Crippen LogP contribution in [0.4, 0.5) is 0 Å². The van der Waals surface area contributed by atoms with Gasteiger partial charge in [-0.15, -0.1) is 0 Å². The summed E-state index contributed by atoms with van der Waals surface area (Å²) in [5, 5.41) is 0. The predicted molar refractivity (Wildman–Crippen MR) is 71.7 cm³/mol. The second-order valence-corrected chi connectivity index (χ2v) is 5.14. The van der Waals surface area contributed by atoms with Crippen molar-refractivity contribution >= 4 is 5.91 Å². The molecule has 0 fully saturated rings. The minimum absolute atomic E-state index is 0.0569. The number of carbonyl (C=O) groups excluding carboxylic acids is 1. The molecule has 0 saturated carbocycles. The number of benzene rings is 1. The van der Waals surface area contributed by atoms with Crippen molar-refractivity contribution < 1.29 is 4.79 Å². The minimum Gasteiger partial charge on any atom is -0.336 e. The highest BCUT2D eigenvalue weighted by Crippen LogP contribution is 2.15. The number of nitrogens with zero attached hydrogens (tertiary/aromatic N) is 1. The van der Waals surface area contributed by atoms with Crippen molar-refractivity contribution in [1.29, 1.82) is 0 Å². The molecule has 1 aromatic carbocycles. The molecule has 1 rings (SSSR count). The van der Waals surface area contributed by atoms with E-state index in [0.29, 0.717) is 6.54 Å². The Morgan fingerprint density at radius 1 is 1.18 bits per heavy atom. The highest BCUT2D eigenvalue weighted by atomic mass is 16.2. The topological polar surface area (TPSA) is 20.3 Å². The fourth-order valence-electron chi connectivity index (χ4n) is 1.82. The Kier molecular flexibility index (Phi) is 4.73. The number of aryl methyl sites for hydroxylation is 1. The van der Waals surface area contributed by atoms with Crippen LogP contribution in [0, 0.1) is 12.8 Å². The van der Waals surface area contributed by atoms with Crippen molar-refractivity contribution in [1.82, 2.24) is 4.90 Å². The Morgan fingerprint density at radius 2 is 1.76 bits per heavy atom. The van der Waals surface area contributed by atoms with Gasteiger partial charge in [0.1, 0.15) is 0 Å². The van der Waals surface area contributed by atoms with E-state index in [-0.39, 0.29) is 17.9 Å². The molecule has 94 valence electrons. The van der Waals surface area contributed by atoms with Gasteiger partial charge in [-0.3, -0.25) is 4.79 Å². The third-order valence-electron chi connectivity index (χ3n) is 3.00. The Morgan fingerprint density at radius 3 is 2.24 bits per heavy atom. The number of hydrogen-bond donors (Lipinski definition) is 0. The summed E-state index contributed by atoms with van der Waals surface area (Å²) in [6.07, 6.45) is 0. The summed E-state index contributed by atoms with van der Waals surface area (Å²) in [6, 6.07) is 8.49. The van der Waals surface area contributed by atoms with E-state index in [2.05, 4.69) is 32.9 Å². The standard InChI is InChI=1S/C15H23NO/c1-11(2)15(17)16(12(3)4)10-14-9-7-6-8-13(14)5/h6-9,11-12H,10H2,1-5H3. The quantitative estimate of drug-likeness (QED) is 0.780. The molecule has 0 saturated heterocycles. The van der Waals surface area contributed by atoms with Gasteiger partial charge in [0.15, 0.2) is 0 Å². The van der Waals surface area contributed by atoms with Crippen molar-refractivity contribution in [2.45, 2.75) is 47.2 Å². The van der Waals surface area contributed by atoms with Gasteiger partial charge in [-0.2, -0.15) is 0 Å². The zero-order valence-electron chi connectivity index (χ0n) is 11.5. The Balaban J connectivity index is 2.88. The number of hydrogen-bond acceptors (Lipinski definition) is 1. The van der Waals surface area contributed by atoms with Gasteiger partial charge >= 0.3 is 0 Å². The molecule has 1 aromatic rings. The monoisotopic (exact) mass is 233 g/mol. The van der Waals surface area contributed by atoms with Crippen molar-refractivity contribution in [2.75, 3.05) is 0 Å². The van der Waals surface area contributed by atoms with Gasteiger partial charge in [-0.25, -0.2) is 0 Å². The Hall–Kier alpha value is -1.31. The average Bonchev–Trinajstić information content (AvgIpc) is 2.26. The molecule has 0 radical (unpaired) electrons. The predicted octanol–water partition coefficient (Wildman–Crippen LogP) is 3.39. The second-order valence-electron chi connectivity index (χ2n) is 5.14. The molecule has 0 aromatic heterocycles. The molecule has 0 N–H and O–H groups in total. The van der Waals surface area contributed by atoms with Crippen LogP contribution in [-0.2, 0) is 11.3 Å². The summed E-state index contributed by atoms with van der Waals surface area (Å²) in [5.74, 6) is 0.282. The first kappa shape index (κ1) is 13.8. The molecule has 2 nitrogen and oxygen atoms in total. The van der Waals surface area contributed by atoms with Gasteiger partial charge in [-0.1, -0.05) is 38.1 Å². The van der Waals surface area contributed by atoms with E-state index < -0.39 is 0 Å². The van der Waals surface area contributed by atoms with Crippen LogP contribution in [0.25, 0.3) is 0 Å². The summed E-state index contributed by atoms with van der Waals surface area (Å²) in [6.45, 7) is 10.8. The normalized spacial score (nSPS) is 11.0. The molecule has 0 aliphatic carbocycles. The van der Waals surface area contributed by atoms with Crippen LogP contribution < -0.4 is 0 Å². The average molecular weight is 233 g/mol. The maximum Gasteiger partial charge on any atom is 0.225 e. The first-order valence-corrected chi connectivity index (χ1v) is 6.28. The molecule has 1 amide bonds. The van der Waals surface area contributed by atoms with Crippen LogP contribution in [0.2, 0.25) is 0 Å². The molecule has 0 bridgehead atoms. The van der Waals surface area contributed by atoms with Crippen LogP contribution in [-0.4, -0.2) is 16.8 Å². The first-order valence-electron chi connectivity index (χ1n) is 6.28. The van der Waals surface area contributed by atoms with Crippen LogP contribution in [0.15, 0.2) is 24.3 Å². The van der Waals surface area contributed by atoms with Crippen LogP contribution in [0.3, 0.4) is 0 Å². The van der Waals surface area contributed by atoms with Gasteiger partial charge < -0.3 is 4.90 Å². The smallest absolute Gasteiger partial charge is 0.225 e. The first-order chi connectivity index (χ1) is 7.93. The lowest BCUT2D eigenvalue weighted by molar-refractivity contribution is -0.136. The lowest BCUT2D eigenvalue weighted by atomic mass is 10.1. The van der Waals surface area contributed by atoms with Gasteiger partial charge in [0, 0.05) is 18.5 Å². The number of rotatable bonds is 4. The van der Waals surface area contributed by atoms with Crippen molar-refractivity contribution in [3.05, 3.63) is 35.4 Å². The van der Waals surface area contributed by atoms with Crippen molar-refractivity contribution in [2.24, 2.45) is 5.92 Å². The minimum atomic E-state index is 0.0569. The summed E-state index contributed by atoms with van der Waals surface area (Å²) in [4.78, 5) is 14.1.